The first-order valence-corrected chi connectivity index (χ1v) is 3.16. The van der Waals surface area contributed by atoms with E-state index >= 15 is 0 Å². The van der Waals surface area contributed by atoms with E-state index in [1.165, 1.54) is 0 Å². The van der Waals surface area contributed by atoms with E-state index in [2.05, 4.69) is 24.8 Å². The molecule has 0 rings (SSSR count). The maximum absolute atomic E-state index is 8.17. The summed E-state index contributed by atoms with van der Waals surface area (Å²) in [6, 6.07) is 0. The maximum Gasteiger partial charge on any atom is 1.00 e. The molecule has 0 fully saturated rings. The van der Waals surface area contributed by atoms with E-state index < -0.39 is 10.5 Å². The average molecular weight is 208 g/mol. The molecule has 62 valence electrons. The molecule has 0 aliphatic carbocycles. The number of aliphatic hydroxyl groups is 4. The number of aliphatic hydroxyl groups excluding tert-OH is 4. The molecule has 0 unspecified atom stereocenters. The molecule has 11 heavy (non-hydrogen) atoms. The van der Waals surface area contributed by atoms with Gasteiger partial charge in [-0.3, -0.25) is 0 Å². The Balaban J connectivity index is -0.000000114. The van der Waals surface area contributed by atoms with Crippen LogP contribution in [-0.4, -0.2) is 44.1 Å². The molecule has 0 saturated carbocycles. The van der Waals surface area contributed by atoms with Crippen molar-refractivity contribution < 1.29 is 50.0 Å². The van der Waals surface area contributed by atoms with Crippen LogP contribution in [0.3, 0.4) is 0 Å². The van der Waals surface area contributed by atoms with E-state index in [1.807, 2.05) is 0 Å². The number of hydrogen-bond acceptors (Lipinski definition) is 5. The number of hydrogen-bond donors (Lipinski definition) is 4. The summed E-state index contributed by atoms with van der Waals surface area (Å²) in [7, 11) is 0. The van der Waals surface area contributed by atoms with Crippen LogP contribution < -0.4 is 29.6 Å². The van der Waals surface area contributed by atoms with Gasteiger partial charge in [-0.2, -0.15) is 0 Å². The van der Waals surface area contributed by atoms with Crippen LogP contribution in [0.5, 0.6) is 0 Å². The van der Waals surface area contributed by atoms with Crippen LogP contribution in [0.25, 0.3) is 0 Å². The zero-order chi connectivity index (χ0) is 8.57. The van der Waals surface area contributed by atoms with Crippen molar-refractivity contribution in [1.82, 2.24) is 0 Å². The van der Waals surface area contributed by atoms with Crippen molar-refractivity contribution in [3.05, 3.63) is 0 Å². The summed E-state index contributed by atoms with van der Waals surface area (Å²) >= 11 is 7.81. The van der Waals surface area contributed by atoms with Gasteiger partial charge in [0.2, 0.25) is 0 Å². The Kier molecular flexibility index (Phi) is 22.1. The van der Waals surface area contributed by atoms with Gasteiger partial charge >= 0.3 is 29.6 Å². The fourth-order valence-electron chi connectivity index (χ4n) is 0.0577. The summed E-state index contributed by atoms with van der Waals surface area (Å²) in [6.07, 6.45) is -0.954. The van der Waals surface area contributed by atoms with E-state index in [1.54, 1.807) is 0 Å². The number of thiocarbonyl (C=S) groups is 1. The van der Waals surface area contributed by atoms with Crippen molar-refractivity contribution in [2.75, 3.05) is 13.2 Å². The second kappa shape index (κ2) is 13.6. The molecule has 0 heterocycles. The largest absolute Gasteiger partial charge is 1.00 e. The SMILES string of the molecule is OC(=S)[S-].OCC(O)CO.[Na+]. The summed E-state index contributed by atoms with van der Waals surface area (Å²) in [4.78, 5) is 0. The Morgan fingerprint density at radius 2 is 1.55 bits per heavy atom. The molecule has 0 spiro atoms. The molecule has 7 heteroatoms. The molecule has 0 aromatic rings. The molecule has 0 aliphatic rings. The van der Waals surface area contributed by atoms with Crippen molar-refractivity contribution in [3.63, 3.8) is 0 Å². The molecule has 0 aromatic carbocycles. The van der Waals surface area contributed by atoms with Crippen LogP contribution in [0.1, 0.15) is 0 Å². The van der Waals surface area contributed by atoms with Gasteiger partial charge < -0.3 is 45.3 Å². The Bertz CT molecular complexity index is 84.2. The molecule has 0 atom stereocenters. The standard InChI is InChI=1S/C3H8O3.CH2OS2.Na/c4-1-3(6)2-5;2-1(3)4;/h3-6H,1-2H2;(H2,2,3,4);/q;;+1/p-1. The molecule has 4 nitrogen and oxygen atoms in total. The monoisotopic (exact) mass is 208 g/mol. The summed E-state index contributed by atoms with van der Waals surface area (Å²) in [5, 5.41) is 31.6. The molecule has 0 radical (unpaired) electrons. The van der Waals surface area contributed by atoms with Crippen LogP contribution >= 0.6 is 12.2 Å². The van der Waals surface area contributed by atoms with E-state index in [0.29, 0.717) is 0 Å². The summed E-state index contributed by atoms with van der Waals surface area (Å²) < 4.78 is -0.417. The van der Waals surface area contributed by atoms with Crippen LogP contribution in [0.4, 0.5) is 0 Å². The van der Waals surface area contributed by atoms with Gasteiger partial charge in [-0.05, 0) is 0 Å². The predicted molar refractivity (Wildman–Crippen MR) is 42.8 cm³/mol. The predicted octanol–water partition coefficient (Wildman–Crippen LogP) is -4.29. The van der Waals surface area contributed by atoms with Gasteiger partial charge in [0.05, 0.1) is 13.2 Å². The van der Waals surface area contributed by atoms with Crippen LogP contribution in [0.15, 0.2) is 0 Å². The van der Waals surface area contributed by atoms with Gasteiger partial charge in [-0.25, -0.2) is 0 Å². The molecule has 0 aromatic heterocycles. The molecular formula is C4H9NaO4S2. The third-order valence-corrected chi connectivity index (χ3v) is 0.421. The number of rotatable bonds is 2. The van der Waals surface area contributed by atoms with Gasteiger partial charge in [0.25, 0.3) is 0 Å². The first-order chi connectivity index (χ1) is 4.54. The van der Waals surface area contributed by atoms with Crippen LogP contribution in [-0.2, 0) is 12.6 Å². The first-order valence-electron chi connectivity index (χ1n) is 2.34. The maximum atomic E-state index is 8.17. The fraction of sp³-hybridized carbons (Fsp3) is 0.750. The summed E-state index contributed by atoms with van der Waals surface area (Å²) in [5.74, 6) is 0. The van der Waals surface area contributed by atoms with Gasteiger partial charge in [0.15, 0.2) is 0 Å². The Hall–Kier alpha value is 0.990. The Labute approximate surface area is 97.9 Å². The van der Waals surface area contributed by atoms with Crippen LogP contribution in [0.2, 0.25) is 0 Å². The minimum Gasteiger partial charge on any atom is -0.528 e. The van der Waals surface area contributed by atoms with E-state index in [0.717, 1.165) is 0 Å². The van der Waals surface area contributed by atoms with E-state index in [-0.39, 0.29) is 42.8 Å². The van der Waals surface area contributed by atoms with Gasteiger partial charge in [-0.15, -0.1) is 0 Å². The van der Waals surface area contributed by atoms with Crippen LogP contribution in [0, 0.1) is 0 Å². The average Bonchev–Trinajstić information content (AvgIpc) is 1.85. The van der Waals surface area contributed by atoms with Crippen molar-refractivity contribution >= 4 is 29.2 Å². The smallest absolute Gasteiger partial charge is 0.528 e. The quantitative estimate of drug-likeness (QED) is 0.209. The Morgan fingerprint density at radius 3 is 1.55 bits per heavy atom. The minimum atomic E-state index is -0.954. The molecule has 0 aliphatic heterocycles. The van der Waals surface area contributed by atoms with Gasteiger partial charge in [-0.1, -0.05) is 0 Å². The van der Waals surface area contributed by atoms with Crippen molar-refractivity contribution in [3.8, 4) is 0 Å². The van der Waals surface area contributed by atoms with Gasteiger partial charge in [0, 0.05) is 4.38 Å². The molecule has 0 saturated heterocycles. The third kappa shape index (κ3) is 35.7. The minimum absolute atomic E-state index is 0. The third-order valence-electron chi connectivity index (χ3n) is 0.421. The van der Waals surface area contributed by atoms with E-state index in [9.17, 15) is 0 Å². The molecule has 0 amide bonds. The summed E-state index contributed by atoms with van der Waals surface area (Å²) in [5.41, 5.74) is 0. The summed E-state index contributed by atoms with van der Waals surface area (Å²) in [6.45, 7) is -0.729. The second-order valence-electron chi connectivity index (χ2n) is 1.28. The molecule has 4 N–H and O–H groups in total. The zero-order valence-electron chi connectivity index (χ0n) is 6.10. The zero-order valence-corrected chi connectivity index (χ0v) is 9.73. The van der Waals surface area contributed by atoms with Crippen molar-refractivity contribution in [2.24, 2.45) is 0 Å². The van der Waals surface area contributed by atoms with Crippen molar-refractivity contribution in [1.29, 1.82) is 0 Å². The molecular weight excluding hydrogens is 199 g/mol. The molecule has 0 bridgehead atoms. The van der Waals surface area contributed by atoms with E-state index in [4.69, 9.17) is 20.4 Å². The first kappa shape index (κ1) is 17.9. The van der Waals surface area contributed by atoms with Gasteiger partial charge in [0.1, 0.15) is 6.10 Å². The fourth-order valence-corrected chi connectivity index (χ4v) is 0.0577. The second-order valence-corrected chi connectivity index (χ2v) is 2.32. The topological polar surface area (TPSA) is 80.9 Å². The van der Waals surface area contributed by atoms with Crippen molar-refractivity contribution in [2.45, 2.75) is 6.10 Å². The normalized spacial score (nSPS) is 7.64. The Morgan fingerprint density at radius 1 is 1.36 bits per heavy atom.